The first-order valence-electron chi connectivity index (χ1n) is 8.53. The van der Waals surface area contributed by atoms with Crippen LogP contribution in [0.15, 0.2) is 18.2 Å². The molecule has 0 unspecified atom stereocenters. The molecule has 1 aromatic carbocycles. The molecule has 0 bridgehead atoms. The summed E-state index contributed by atoms with van der Waals surface area (Å²) in [6.45, 7) is 3.07. The predicted molar refractivity (Wildman–Crippen MR) is 84.7 cm³/mol. The molecule has 1 heterocycles. The van der Waals surface area contributed by atoms with Crippen molar-refractivity contribution < 1.29 is 9.53 Å². The highest BCUT2D eigenvalue weighted by atomic mass is 16.5. The molecule has 1 fully saturated rings. The van der Waals surface area contributed by atoms with Gasteiger partial charge in [-0.2, -0.15) is 0 Å². The highest BCUT2D eigenvalue weighted by Gasteiger charge is 2.25. The summed E-state index contributed by atoms with van der Waals surface area (Å²) in [5.74, 6) is 2.72. The largest absolute Gasteiger partial charge is 0.493 e. The summed E-state index contributed by atoms with van der Waals surface area (Å²) in [4.78, 5) is 12.4. The fourth-order valence-corrected chi connectivity index (χ4v) is 3.76. The van der Waals surface area contributed by atoms with E-state index in [2.05, 4.69) is 25.1 Å². The number of fused-ring (bicyclic) bond motifs is 1. The fraction of sp³-hybridized carbons (Fsp3) is 0.632. The summed E-state index contributed by atoms with van der Waals surface area (Å²) in [7, 11) is 0. The van der Waals surface area contributed by atoms with E-state index < -0.39 is 0 Å². The van der Waals surface area contributed by atoms with E-state index in [1.54, 1.807) is 0 Å². The molecule has 1 aliphatic heterocycles. The maximum Gasteiger partial charge on any atom is 0.136 e. The first kappa shape index (κ1) is 14.6. The van der Waals surface area contributed by atoms with Crippen molar-refractivity contribution in [3.8, 4) is 5.75 Å². The third-order valence-corrected chi connectivity index (χ3v) is 5.29. The number of hydrogen-bond acceptors (Lipinski definition) is 2. The van der Waals surface area contributed by atoms with E-state index in [1.807, 2.05) is 0 Å². The molecule has 114 valence electrons. The number of ketones is 1. The Hall–Kier alpha value is -1.31. The van der Waals surface area contributed by atoms with E-state index in [0.717, 1.165) is 44.0 Å². The molecule has 0 N–H and O–H groups in total. The standard InChI is InChI=1S/C19H26O2/c1-2-14-3-7-16(8-4-14)18(20)9-5-15-6-10-19-17(13-15)11-12-21-19/h6,10,13-14,16H,2-5,7-9,11-12H2,1H3. The zero-order valence-corrected chi connectivity index (χ0v) is 13.1. The Morgan fingerprint density at radius 2 is 2.05 bits per heavy atom. The van der Waals surface area contributed by atoms with Crippen LogP contribution in [0.3, 0.4) is 0 Å². The van der Waals surface area contributed by atoms with E-state index in [1.165, 1.54) is 30.4 Å². The topological polar surface area (TPSA) is 26.3 Å². The van der Waals surface area contributed by atoms with Crippen LogP contribution < -0.4 is 4.74 Å². The van der Waals surface area contributed by atoms with Crippen LogP contribution in [-0.4, -0.2) is 12.4 Å². The maximum absolute atomic E-state index is 12.4. The maximum atomic E-state index is 12.4. The Morgan fingerprint density at radius 1 is 1.24 bits per heavy atom. The number of carbonyl (C=O) groups is 1. The van der Waals surface area contributed by atoms with Gasteiger partial charge in [0.1, 0.15) is 11.5 Å². The van der Waals surface area contributed by atoms with E-state index in [-0.39, 0.29) is 0 Å². The minimum absolute atomic E-state index is 0.338. The van der Waals surface area contributed by atoms with Crippen molar-refractivity contribution in [1.82, 2.24) is 0 Å². The van der Waals surface area contributed by atoms with Gasteiger partial charge in [0.25, 0.3) is 0 Å². The first-order valence-corrected chi connectivity index (χ1v) is 8.53. The highest BCUT2D eigenvalue weighted by Crippen LogP contribution is 2.32. The molecule has 0 atom stereocenters. The van der Waals surface area contributed by atoms with E-state index in [4.69, 9.17) is 4.74 Å². The second-order valence-corrected chi connectivity index (χ2v) is 6.63. The second-order valence-electron chi connectivity index (χ2n) is 6.63. The van der Waals surface area contributed by atoms with Gasteiger partial charge in [-0.05, 0) is 55.2 Å². The Balaban J connectivity index is 1.50. The lowest BCUT2D eigenvalue weighted by Crippen LogP contribution is -2.22. The van der Waals surface area contributed by atoms with Crippen LogP contribution in [0.5, 0.6) is 5.75 Å². The van der Waals surface area contributed by atoms with Crippen LogP contribution in [0.1, 0.15) is 56.6 Å². The Kier molecular flexibility index (Phi) is 4.62. The molecule has 2 heteroatoms. The Bertz CT molecular complexity index is 498. The van der Waals surface area contributed by atoms with Gasteiger partial charge in [0, 0.05) is 18.8 Å². The van der Waals surface area contributed by atoms with Crippen LogP contribution in [0.25, 0.3) is 0 Å². The minimum atomic E-state index is 0.338. The summed E-state index contributed by atoms with van der Waals surface area (Å²) in [6.07, 6.45) is 8.63. The van der Waals surface area contributed by atoms with Crippen LogP contribution in [-0.2, 0) is 17.6 Å². The van der Waals surface area contributed by atoms with Crippen molar-refractivity contribution in [2.24, 2.45) is 11.8 Å². The lowest BCUT2D eigenvalue weighted by atomic mass is 9.78. The molecule has 3 rings (SSSR count). The molecule has 21 heavy (non-hydrogen) atoms. The summed E-state index contributed by atoms with van der Waals surface area (Å²) in [6, 6.07) is 6.41. The molecule has 0 saturated heterocycles. The van der Waals surface area contributed by atoms with Crippen molar-refractivity contribution in [2.45, 2.75) is 58.3 Å². The van der Waals surface area contributed by atoms with Crippen LogP contribution in [0.2, 0.25) is 0 Å². The predicted octanol–water partition coefficient (Wildman–Crippen LogP) is 4.34. The van der Waals surface area contributed by atoms with Gasteiger partial charge < -0.3 is 4.74 Å². The average Bonchev–Trinajstić information content (AvgIpc) is 3.00. The van der Waals surface area contributed by atoms with Crippen molar-refractivity contribution in [2.75, 3.05) is 6.61 Å². The second kappa shape index (κ2) is 6.64. The Morgan fingerprint density at radius 3 is 2.81 bits per heavy atom. The van der Waals surface area contributed by atoms with Crippen LogP contribution in [0, 0.1) is 11.8 Å². The van der Waals surface area contributed by atoms with E-state index in [9.17, 15) is 4.79 Å². The third-order valence-electron chi connectivity index (χ3n) is 5.29. The summed E-state index contributed by atoms with van der Waals surface area (Å²) < 4.78 is 5.53. The van der Waals surface area contributed by atoms with Crippen LogP contribution in [0.4, 0.5) is 0 Å². The van der Waals surface area contributed by atoms with Gasteiger partial charge in [-0.15, -0.1) is 0 Å². The van der Waals surface area contributed by atoms with Gasteiger partial charge in [0.05, 0.1) is 6.61 Å². The number of rotatable bonds is 5. The molecule has 0 amide bonds. The quantitative estimate of drug-likeness (QED) is 0.805. The highest BCUT2D eigenvalue weighted by molar-refractivity contribution is 5.81. The number of carbonyl (C=O) groups excluding carboxylic acids is 1. The lowest BCUT2D eigenvalue weighted by molar-refractivity contribution is -0.124. The van der Waals surface area contributed by atoms with Gasteiger partial charge in [-0.1, -0.05) is 25.5 Å². The van der Waals surface area contributed by atoms with E-state index in [0.29, 0.717) is 18.1 Å². The van der Waals surface area contributed by atoms with Crippen molar-refractivity contribution >= 4 is 5.78 Å². The number of benzene rings is 1. The van der Waals surface area contributed by atoms with Crippen molar-refractivity contribution in [1.29, 1.82) is 0 Å². The fourth-order valence-electron chi connectivity index (χ4n) is 3.76. The van der Waals surface area contributed by atoms with Gasteiger partial charge in [-0.3, -0.25) is 4.79 Å². The first-order chi connectivity index (χ1) is 10.3. The molecular formula is C19H26O2. The molecule has 1 aliphatic carbocycles. The third kappa shape index (κ3) is 3.48. The van der Waals surface area contributed by atoms with E-state index >= 15 is 0 Å². The minimum Gasteiger partial charge on any atom is -0.493 e. The SMILES string of the molecule is CCC1CCC(C(=O)CCc2ccc3c(c2)CCO3)CC1. The number of ether oxygens (including phenoxy) is 1. The average molecular weight is 286 g/mol. The molecule has 1 saturated carbocycles. The molecule has 0 aromatic heterocycles. The molecule has 1 aromatic rings. The molecule has 2 aliphatic rings. The number of hydrogen-bond donors (Lipinski definition) is 0. The lowest BCUT2D eigenvalue weighted by Gasteiger charge is -2.26. The van der Waals surface area contributed by atoms with Gasteiger partial charge in [0.2, 0.25) is 0 Å². The van der Waals surface area contributed by atoms with Crippen molar-refractivity contribution in [3.05, 3.63) is 29.3 Å². The monoisotopic (exact) mass is 286 g/mol. The zero-order chi connectivity index (χ0) is 14.7. The summed E-state index contributed by atoms with van der Waals surface area (Å²) in [5.41, 5.74) is 2.60. The zero-order valence-electron chi connectivity index (χ0n) is 13.1. The summed E-state index contributed by atoms with van der Waals surface area (Å²) in [5, 5.41) is 0. The van der Waals surface area contributed by atoms with Gasteiger partial charge >= 0.3 is 0 Å². The molecule has 0 spiro atoms. The summed E-state index contributed by atoms with van der Waals surface area (Å²) >= 11 is 0. The van der Waals surface area contributed by atoms with Gasteiger partial charge in [-0.25, -0.2) is 0 Å². The Labute approximate surface area is 127 Å². The van der Waals surface area contributed by atoms with Crippen LogP contribution >= 0.6 is 0 Å². The van der Waals surface area contributed by atoms with Crippen molar-refractivity contribution in [3.63, 3.8) is 0 Å². The molecule has 0 radical (unpaired) electrons. The number of aryl methyl sites for hydroxylation is 1. The smallest absolute Gasteiger partial charge is 0.136 e. The van der Waals surface area contributed by atoms with Gasteiger partial charge in [0.15, 0.2) is 0 Å². The number of Topliss-reactive ketones (excluding diaryl/α,β-unsaturated/α-hetero) is 1. The molecule has 2 nitrogen and oxygen atoms in total. The normalized spacial score (nSPS) is 24.4. The molecular weight excluding hydrogens is 260 g/mol.